The Balaban J connectivity index is 2.28. The lowest BCUT2D eigenvalue weighted by atomic mass is 10.1. The van der Waals surface area contributed by atoms with Crippen LogP contribution in [-0.4, -0.2) is 0 Å². The minimum absolute atomic E-state index is 0.132. The van der Waals surface area contributed by atoms with Crippen molar-refractivity contribution in [1.29, 1.82) is 0 Å². The summed E-state index contributed by atoms with van der Waals surface area (Å²) in [7, 11) is 0. The molecule has 1 unspecified atom stereocenters. The molecule has 0 aromatic heterocycles. The number of para-hydroxylation sites is 1. The van der Waals surface area contributed by atoms with E-state index in [2.05, 4.69) is 0 Å². The average Bonchev–Trinajstić information content (AvgIpc) is 2.34. The second-order valence-electron chi connectivity index (χ2n) is 4.01. The van der Waals surface area contributed by atoms with Crippen molar-refractivity contribution in [3.8, 4) is 11.5 Å². The second-order valence-corrected chi connectivity index (χ2v) is 4.42. The molecular formula is C14H13ClFNO. The summed E-state index contributed by atoms with van der Waals surface area (Å²) in [6.45, 7) is 1.80. The van der Waals surface area contributed by atoms with Gasteiger partial charge in [-0.1, -0.05) is 29.8 Å². The van der Waals surface area contributed by atoms with Crippen LogP contribution in [0.5, 0.6) is 11.5 Å². The zero-order valence-corrected chi connectivity index (χ0v) is 10.6. The Hall–Kier alpha value is -1.58. The van der Waals surface area contributed by atoms with Crippen molar-refractivity contribution in [2.24, 2.45) is 5.73 Å². The van der Waals surface area contributed by atoms with Crippen molar-refractivity contribution in [3.05, 3.63) is 58.9 Å². The quantitative estimate of drug-likeness (QED) is 0.898. The maximum Gasteiger partial charge on any atom is 0.166 e. The summed E-state index contributed by atoms with van der Waals surface area (Å²) < 4.78 is 19.2. The number of benzene rings is 2. The molecule has 2 aromatic rings. The largest absolute Gasteiger partial charge is 0.453 e. The molecule has 0 aliphatic carbocycles. The van der Waals surface area contributed by atoms with Gasteiger partial charge in [-0.2, -0.15) is 0 Å². The Morgan fingerprint density at radius 3 is 2.50 bits per heavy atom. The van der Waals surface area contributed by atoms with Gasteiger partial charge in [0.1, 0.15) is 5.75 Å². The zero-order valence-electron chi connectivity index (χ0n) is 9.86. The molecule has 2 N–H and O–H groups in total. The van der Waals surface area contributed by atoms with E-state index in [0.29, 0.717) is 10.8 Å². The maximum atomic E-state index is 13.8. The van der Waals surface area contributed by atoms with E-state index in [4.69, 9.17) is 22.1 Å². The standard InChI is InChI=1S/C14H13ClFNO/c1-9(17)10-6-7-14(12(16)8-10)18-13-5-3-2-4-11(13)15/h2-9H,17H2,1H3. The Bertz CT molecular complexity index is 557. The number of hydrogen-bond acceptors (Lipinski definition) is 2. The highest BCUT2D eigenvalue weighted by Crippen LogP contribution is 2.31. The molecule has 94 valence electrons. The molecule has 0 bridgehead atoms. The van der Waals surface area contributed by atoms with E-state index in [9.17, 15) is 4.39 Å². The summed E-state index contributed by atoms with van der Waals surface area (Å²) in [6, 6.07) is 11.4. The number of rotatable bonds is 3. The lowest BCUT2D eigenvalue weighted by Gasteiger charge is -2.10. The van der Waals surface area contributed by atoms with Crippen molar-refractivity contribution >= 4 is 11.6 Å². The molecule has 0 heterocycles. The van der Waals surface area contributed by atoms with E-state index < -0.39 is 5.82 Å². The third-order valence-corrected chi connectivity index (χ3v) is 2.85. The molecule has 0 spiro atoms. The maximum absolute atomic E-state index is 13.8. The monoisotopic (exact) mass is 265 g/mol. The van der Waals surface area contributed by atoms with Gasteiger partial charge in [-0.25, -0.2) is 4.39 Å². The predicted molar refractivity (Wildman–Crippen MR) is 70.5 cm³/mol. The number of hydrogen-bond donors (Lipinski definition) is 1. The molecule has 0 saturated carbocycles. The highest BCUT2D eigenvalue weighted by molar-refractivity contribution is 6.32. The Morgan fingerprint density at radius 1 is 1.17 bits per heavy atom. The molecule has 2 nitrogen and oxygen atoms in total. The van der Waals surface area contributed by atoms with Crippen LogP contribution in [0.25, 0.3) is 0 Å². The van der Waals surface area contributed by atoms with Gasteiger partial charge in [0.25, 0.3) is 0 Å². The fourth-order valence-corrected chi connectivity index (χ4v) is 1.70. The molecule has 0 saturated heterocycles. The molecule has 2 aromatic carbocycles. The molecule has 0 aliphatic rings. The molecule has 0 aliphatic heterocycles. The topological polar surface area (TPSA) is 35.2 Å². The van der Waals surface area contributed by atoms with Gasteiger partial charge in [0.15, 0.2) is 11.6 Å². The Kier molecular flexibility index (Phi) is 3.84. The Morgan fingerprint density at radius 2 is 1.89 bits per heavy atom. The van der Waals surface area contributed by atoms with Crippen molar-refractivity contribution in [1.82, 2.24) is 0 Å². The summed E-state index contributed by atoms with van der Waals surface area (Å²) in [5, 5.41) is 0.438. The smallest absolute Gasteiger partial charge is 0.166 e. The Labute approximate surface area is 110 Å². The van der Waals surface area contributed by atoms with Crippen molar-refractivity contribution in [2.45, 2.75) is 13.0 Å². The molecule has 1 atom stereocenters. The minimum Gasteiger partial charge on any atom is -0.453 e. The second kappa shape index (κ2) is 5.38. The SMILES string of the molecule is CC(N)c1ccc(Oc2ccccc2Cl)c(F)c1. The summed E-state index contributed by atoms with van der Waals surface area (Å²) in [4.78, 5) is 0. The van der Waals surface area contributed by atoms with Crippen molar-refractivity contribution in [2.75, 3.05) is 0 Å². The average molecular weight is 266 g/mol. The van der Waals surface area contributed by atoms with E-state index in [0.717, 1.165) is 5.56 Å². The van der Waals surface area contributed by atoms with Crippen LogP contribution in [-0.2, 0) is 0 Å². The zero-order chi connectivity index (χ0) is 13.1. The molecular weight excluding hydrogens is 253 g/mol. The minimum atomic E-state index is -0.454. The fraction of sp³-hybridized carbons (Fsp3) is 0.143. The van der Waals surface area contributed by atoms with Gasteiger partial charge in [-0.05, 0) is 36.8 Å². The van der Waals surface area contributed by atoms with Gasteiger partial charge in [0.2, 0.25) is 0 Å². The third-order valence-electron chi connectivity index (χ3n) is 2.54. The lowest BCUT2D eigenvalue weighted by Crippen LogP contribution is -2.05. The van der Waals surface area contributed by atoms with Gasteiger partial charge >= 0.3 is 0 Å². The van der Waals surface area contributed by atoms with Crippen LogP contribution in [0.3, 0.4) is 0 Å². The summed E-state index contributed by atoms with van der Waals surface area (Å²) in [6.07, 6.45) is 0. The van der Waals surface area contributed by atoms with E-state index in [1.165, 1.54) is 6.07 Å². The van der Waals surface area contributed by atoms with Gasteiger partial charge < -0.3 is 10.5 Å². The van der Waals surface area contributed by atoms with Gasteiger partial charge in [-0.15, -0.1) is 0 Å². The summed E-state index contributed by atoms with van der Waals surface area (Å²) in [5.41, 5.74) is 6.40. The summed E-state index contributed by atoms with van der Waals surface area (Å²) >= 11 is 5.94. The fourth-order valence-electron chi connectivity index (χ4n) is 1.53. The first-order chi connectivity index (χ1) is 8.58. The van der Waals surface area contributed by atoms with Crippen LogP contribution >= 0.6 is 11.6 Å². The normalized spacial score (nSPS) is 12.2. The first-order valence-electron chi connectivity index (χ1n) is 5.55. The van der Waals surface area contributed by atoms with E-state index in [1.54, 1.807) is 43.3 Å². The molecule has 0 amide bonds. The predicted octanol–water partition coefficient (Wildman–Crippen LogP) is 4.29. The number of nitrogens with two attached hydrogens (primary N) is 1. The molecule has 4 heteroatoms. The molecule has 0 radical (unpaired) electrons. The first-order valence-corrected chi connectivity index (χ1v) is 5.93. The third kappa shape index (κ3) is 2.81. The van der Waals surface area contributed by atoms with Crippen molar-refractivity contribution in [3.63, 3.8) is 0 Å². The van der Waals surface area contributed by atoms with Gasteiger partial charge in [0, 0.05) is 6.04 Å². The highest BCUT2D eigenvalue weighted by atomic mass is 35.5. The van der Waals surface area contributed by atoms with Crippen molar-refractivity contribution < 1.29 is 9.13 Å². The van der Waals surface area contributed by atoms with E-state index >= 15 is 0 Å². The van der Waals surface area contributed by atoms with E-state index in [-0.39, 0.29) is 11.8 Å². The molecule has 2 rings (SSSR count). The van der Waals surface area contributed by atoms with Gasteiger partial charge in [-0.3, -0.25) is 0 Å². The lowest BCUT2D eigenvalue weighted by molar-refractivity contribution is 0.441. The van der Waals surface area contributed by atoms with Crippen LogP contribution in [0.1, 0.15) is 18.5 Å². The number of halogens is 2. The summed E-state index contributed by atoms with van der Waals surface area (Å²) in [5.74, 6) is 0.101. The van der Waals surface area contributed by atoms with Crippen LogP contribution in [0.15, 0.2) is 42.5 Å². The van der Waals surface area contributed by atoms with Crippen LogP contribution in [0.4, 0.5) is 4.39 Å². The van der Waals surface area contributed by atoms with Crippen LogP contribution in [0, 0.1) is 5.82 Å². The van der Waals surface area contributed by atoms with Crippen LogP contribution in [0.2, 0.25) is 5.02 Å². The van der Waals surface area contributed by atoms with E-state index in [1.807, 2.05) is 0 Å². The highest BCUT2D eigenvalue weighted by Gasteiger charge is 2.09. The van der Waals surface area contributed by atoms with Gasteiger partial charge in [0.05, 0.1) is 5.02 Å². The first kappa shape index (κ1) is 12.9. The molecule has 0 fully saturated rings. The molecule has 18 heavy (non-hydrogen) atoms. The number of ether oxygens (including phenoxy) is 1. The van der Waals surface area contributed by atoms with Crippen LogP contribution < -0.4 is 10.5 Å².